The Morgan fingerprint density at radius 1 is 1.08 bits per heavy atom. The van der Waals surface area contributed by atoms with Crippen LogP contribution >= 0.6 is 0 Å². The number of ether oxygens (including phenoxy) is 2. The highest BCUT2D eigenvalue weighted by atomic mass is 16.5. The Bertz CT molecular complexity index is 724. The van der Waals surface area contributed by atoms with Gasteiger partial charge >= 0.3 is 0 Å². The lowest BCUT2D eigenvalue weighted by Crippen LogP contribution is -2.28. The van der Waals surface area contributed by atoms with E-state index in [2.05, 4.69) is 42.3 Å². The zero-order chi connectivity index (χ0) is 16.5. The van der Waals surface area contributed by atoms with Gasteiger partial charge in [0.05, 0.1) is 13.7 Å². The molecule has 0 aromatic heterocycles. The van der Waals surface area contributed by atoms with Gasteiger partial charge in [0.15, 0.2) is 0 Å². The van der Waals surface area contributed by atoms with E-state index in [0.717, 1.165) is 31.4 Å². The van der Waals surface area contributed by atoms with E-state index in [1.807, 2.05) is 12.1 Å². The van der Waals surface area contributed by atoms with Crippen molar-refractivity contribution in [2.24, 2.45) is 0 Å². The minimum atomic E-state index is -0.0166. The summed E-state index contributed by atoms with van der Waals surface area (Å²) < 4.78 is 11.7. The highest BCUT2D eigenvalue weighted by Gasteiger charge is 2.27. The van der Waals surface area contributed by atoms with Crippen molar-refractivity contribution in [1.29, 1.82) is 0 Å². The number of methoxy groups -OCH3 is 1. The first-order chi connectivity index (χ1) is 11.7. The number of likely N-dealkylation sites (N-methyl/N-ethyl adjacent to an activating group) is 1. The molecule has 0 N–H and O–H groups in total. The minimum Gasteiger partial charge on any atom is -0.497 e. The van der Waals surface area contributed by atoms with E-state index in [4.69, 9.17) is 9.47 Å². The van der Waals surface area contributed by atoms with Crippen LogP contribution in [-0.4, -0.2) is 32.2 Å². The maximum absolute atomic E-state index is 6.28. The van der Waals surface area contributed by atoms with Gasteiger partial charge in [0.25, 0.3) is 0 Å². The molecule has 0 saturated heterocycles. The maximum atomic E-state index is 6.28. The van der Waals surface area contributed by atoms with Crippen molar-refractivity contribution in [3.8, 4) is 5.75 Å². The highest BCUT2D eigenvalue weighted by Crippen LogP contribution is 2.42. The summed E-state index contributed by atoms with van der Waals surface area (Å²) in [6.07, 6.45) is 2.66. The van der Waals surface area contributed by atoms with Gasteiger partial charge in [0, 0.05) is 13.1 Å². The predicted octanol–water partition coefficient (Wildman–Crippen LogP) is 4.12. The van der Waals surface area contributed by atoms with Crippen LogP contribution in [0.5, 0.6) is 5.75 Å². The Kier molecular flexibility index (Phi) is 4.30. The van der Waals surface area contributed by atoms with Crippen LogP contribution < -0.4 is 4.74 Å². The second-order valence-electron chi connectivity index (χ2n) is 7.00. The molecule has 4 rings (SSSR count). The summed E-state index contributed by atoms with van der Waals surface area (Å²) in [5, 5.41) is 0. The number of rotatable bonds is 3. The summed E-state index contributed by atoms with van der Waals surface area (Å²) in [4.78, 5) is 2.34. The van der Waals surface area contributed by atoms with Gasteiger partial charge in [-0.15, -0.1) is 0 Å². The molecule has 2 aliphatic rings. The van der Waals surface area contributed by atoms with Gasteiger partial charge in [-0.1, -0.05) is 30.3 Å². The van der Waals surface area contributed by atoms with Crippen LogP contribution in [0.4, 0.5) is 0 Å². The largest absolute Gasteiger partial charge is 0.497 e. The molecular weight excluding hydrogens is 298 g/mol. The third-order valence-corrected chi connectivity index (χ3v) is 5.09. The summed E-state index contributed by atoms with van der Waals surface area (Å²) in [7, 11) is 3.88. The van der Waals surface area contributed by atoms with E-state index in [1.165, 1.54) is 35.1 Å². The Hall–Kier alpha value is -1.84. The molecule has 2 aromatic rings. The summed E-state index contributed by atoms with van der Waals surface area (Å²) in [6.45, 7) is 2.68. The van der Waals surface area contributed by atoms with Gasteiger partial charge < -0.3 is 9.47 Å². The molecule has 0 amide bonds. The van der Waals surface area contributed by atoms with Gasteiger partial charge in [0.1, 0.15) is 11.9 Å². The van der Waals surface area contributed by atoms with Crippen LogP contribution in [0.1, 0.15) is 47.1 Å². The van der Waals surface area contributed by atoms with Crippen LogP contribution in [0, 0.1) is 0 Å². The zero-order valence-corrected chi connectivity index (χ0v) is 14.5. The van der Waals surface area contributed by atoms with E-state index in [0.29, 0.717) is 0 Å². The molecule has 3 heteroatoms. The van der Waals surface area contributed by atoms with Gasteiger partial charge in [-0.25, -0.2) is 0 Å². The molecule has 1 saturated carbocycles. The summed E-state index contributed by atoms with van der Waals surface area (Å²) >= 11 is 0. The van der Waals surface area contributed by atoms with E-state index in [9.17, 15) is 0 Å². The fraction of sp³-hybridized carbons (Fsp3) is 0.429. The maximum Gasteiger partial charge on any atom is 0.119 e. The Morgan fingerprint density at radius 2 is 1.96 bits per heavy atom. The molecule has 126 valence electrons. The fourth-order valence-corrected chi connectivity index (χ4v) is 3.56. The van der Waals surface area contributed by atoms with Crippen molar-refractivity contribution in [3.63, 3.8) is 0 Å². The minimum absolute atomic E-state index is 0.0166. The molecule has 0 bridgehead atoms. The molecule has 24 heavy (non-hydrogen) atoms. The monoisotopic (exact) mass is 323 g/mol. The summed E-state index contributed by atoms with van der Waals surface area (Å²) in [5.74, 6) is 1.66. The number of nitrogens with zero attached hydrogens (tertiary/aromatic N) is 1. The number of benzene rings is 2. The average Bonchev–Trinajstić information content (AvgIpc) is 3.42. The van der Waals surface area contributed by atoms with Crippen molar-refractivity contribution >= 4 is 0 Å². The number of hydrogen-bond donors (Lipinski definition) is 0. The predicted molar refractivity (Wildman–Crippen MR) is 95.5 cm³/mol. The summed E-state index contributed by atoms with van der Waals surface area (Å²) in [6, 6.07) is 15.2. The van der Waals surface area contributed by atoms with Crippen LogP contribution in [-0.2, 0) is 11.3 Å². The topological polar surface area (TPSA) is 21.7 Å². The standard InChI is InChI=1S/C21H25NO2/c1-22-10-11-24-21(17-4-3-5-19(13-17)23-2)20-9-8-16(15-6-7-15)12-18(20)14-22/h3-5,8-9,12-13,15,21H,6-7,10-11,14H2,1-2H3. The van der Waals surface area contributed by atoms with Gasteiger partial charge in [-0.3, -0.25) is 4.90 Å². The van der Waals surface area contributed by atoms with E-state index >= 15 is 0 Å². The third kappa shape index (κ3) is 3.19. The van der Waals surface area contributed by atoms with Gasteiger partial charge in [-0.2, -0.15) is 0 Å². The Labute approximate surface area is 144 Å². The number of fused-ring (bicyclic) bond motifs is 1. The van der Waals surface area contributed by atoms with Gasteiger partial charge in [-0.05, 0) is 60.2 Å². The SMILES string of the molecule is COc1cccc(C2OCCN(C)Cc3cc(C4CC4)ccc32)c1. The van der Waals surface area contributed by atoms with Crippen molar-refractivity contribution in [1.82, 2.24) is 4.90 Å². The van der Waals surface area contributed by atoms with Crippen molar-refractivity contribution in [2.75, 3.05) is 27.3 Å². The first kappa shape index (κ1) is 15.7. The first-order valence-corrected chi connectivity index (χ1v) is 8.81. The zero-order valence-electron chi connectivity index (χ0n) is 14.5. The van der Waals surface area contributed by atoms with Crippen molar-refractivity contribution in [3.05, 3.63) is 64.7 Å². The van der Waals surface area contributed by atoms with Crippen molar-refractivity contribution in [2.45, 2.75) is 31.4 Å². The Balaban J connectivity index is 1.75. The molecule has 1 fully saturated rings. The smallest absolute Gasteiger partial charge is 0.119 e. The van der Waals surface area contributed by atoms with Crippen molar-refractivity contribution < 1.29 is 9.47 Å². The third-order valence-electron chi connectivity index (χ3n) is 5.09. The summed E-state index contributed by atoms with van der Waals surface area (Å²) in [5.41, 5.74) is 5.35. The van der Waals surface area contributed by atoms with E-state index < -0.39 is 0 Å². The first-order valence-electron chi connectivity index (χ1n) is 8.81. The molecule has 2 aromatic carbocycles. The van der Waals surface area contributed by atoms with E-state index in [-0.39, 0.29) is 6.10 Å². The number of hydrogen-bond acceptors (Lipinski definition) is 3. The van der Waals surface area contributed by atoms with Crippen LogP contribution in [0.25, 0.3) is 0 Å². The average molecular weight is 323 g/mol. The molecule has 1 aliphatic heterocycles. The molecule has 0 spiro atoms. The molecular formula is C21H25NO2. The second-order valence-corrected chi connectivity index (χ2v) is 7.00. The van der Waals surface area contributed by atoms with E-state index in [1.54, 1.807) is 7.11 Å². The van der Waals surface area contributed by atoms with Crippen LogP contribution in [0.15, 0.2) is 42.5 Å². The molecule has 3 nitrogen and oxygen atoms in total. The molecule has 0 radical (unpaired) electrons. The molecule has 1 aliphatic carbocycles. The molecule has 1 unspecified atom stereocenters. The lowest BCUT2D eigenvalue weighted by atomic mass is 9.93. The van der Waals surface area contributed by atoms with Crippen LogP contribution in [0.3, 0.4) is 0 Å². The quantitative estimate of drug-likeness (QED) is 0.848. The fourth-order valence-electron chi connectivity index (χ4n) is 3.56. The molecule has 1 atom stereocenters. The lowest BCUT2D eigenvalue weighted by Gasteiger charge is -2.29. The van der Waals surface area contributed by atoms with Gasteiger partial charge in [0.2, 0.25) is 0 Å². The second kappa shape index (κ2) is 6.58. The molecule has 1 heterocycles. The highest BCUT2D eigenvalue weighted by molar-refractivity contribution is 5.42. The Morgan fingerprint density at radius 3 is 2.75 bits per heavy atom. The van der Waals surface area contributed by atoms with Crippen LogP contribution in [0.2, 0.25) is 0 Å². The normalized spacial score (nSPS) is 21.7. The lowest BCUT2D eigenvalue weighted by molar-refractivity contribution is 0.0552.